The molecule has 0 saturated carbocycles. The van der Waals surface area contributed by atoms with E-state index < -0.39 is 0 Å². The van der Waals surface area contributed by atoms with Crippen LogP contribution in [0.4, 0.5) is 0 Å². The number of nitrogens with zero attached hydrogens (tertiary/aromatic N) is 3. The van der Waals surface area contributed by atoms with E-state index in [-0.39, 0.29) is 5.56 Å². The van der Waals surface area contributed by atoms with Gasteiger partial charge in [-0.2, -0.15) is 9.50 Å². The smallest absolute Gasteiger partial charge is 0.274 e. The van der Waals surface area contributed by atoms with E-state index in [4.69, 9.17) is 0 Å². The van der Waals surface area contributed by atoms with Crippen molar-refractivity contribution in [3.05, 3.63) is 52.4 Å². The second-order valence-electron chi connectivity index (χ2n) is 4.84. The summed E-state index contributed by atoms with van der Waals surface area (Å²) in [4.78, 5) is 20.9. The molecule has 6 heteroatoms. The second kappa shape index (κ2) is 5.88. The highest BCUT2D eigenvalue weighted by atomic mass is 16.1. The summed E-state index contributed by atoms with van der Waals surface area (Å²) in [5, 5.41) is 6.22. The summed E-state index contributed by atoms with van der Waals surface area (Å²) in [5.74, 6) is 1.04. The molecule has 108 valence electrons. The van der Waals surface area contributed by atoms with Crippen LogP contribution in [-0.4, -0.2) is 26.1 Å². The molecule has 0 aliphatic rings. The van der Waals surface area contributed by atoms with Crippen molar-refractivity contribution in [1.29, 1.82) is 0 Å². The highest BCUT2D eigenvalue weighted by Crippen LogP contribution is 2.13. The van der Waals surface area contributed by atoms with Crippen LogP contribution in [0.2, 0.25) is 0 Å². The fraction of sp³-hybridized carbons (Fsp3) is 0.267. The van der Waals surface area contributed by atoms with Crippen LogP contribution in [0.3, 0.4) is 0 Å². The van der Waals surface area contributed by atoms with Crippen LogP contribution in [-0.2, 0) is 6.54 Å². The Labute approximate surface area is 121 Å². The van der Waals surface area contributed by atoms with Gasteiger partial charge < -0.3 is 5.32 Å². The Bertz CT molecular complexity index is 791. The standard InChI is InChI=1S/C15H17N5O/c1-2-8-16-10-12-9-13(21)20-15(17-12)18-14(19-20)11-6-4-3-5-7-11/h3-7,9,16H,2,8,10H2,1H3,(H,17,18,19). The molecule has 0 aliphatic carbocycles. The number of H-pyrrole nitrogens is 1. The molecule has 0 amide bonds. The van der Waals surface area contributed by atoms with Crippen molar-refractivity contribution in [2.75, 3.05) is 6.54 Å². The Morgan fingerprint density at radius 1 is 1.24 bits per heavy atom. The van der Waals surface area contributed by atoms with Crippen molar-refractivity contribution in [3.8, 4) is 11.4 Å². The lowest BCUT2D eigenvalue weighted by Gasteiger charge is -2.01. The SMILES string of the molecule is CCCNCc1cc(=O)n2[nH]c(-c3ccccc3)nc2n1. The molecular formula is C15H17N5O. The highest BCUT2D eigenvalue weighted by molar-refractivity contribution is 5.56. The first-order chi connectivity index (χ1) is 10.3. The number of aromatic nitrogens is 4. The fourth-order valence-electron chi connectivity index (χ4n) is 2.14. The number of hydrogen-bond acceptors (Lipinski definition) is 4. The van der Waals surface area contributed by atoms with Crippen molar-refractivity contribution < 1.29 is 0 Å². The quantitative estimate of drug-likeness (QED) is 0.697. The third-order valence-corrected chi connectivity index (χ3v) is 3.16. The molecule has 21 heavy (non-hydrogen) atoms. The monoisotopic (exact) mass is 283 g/mol. The maximum atomic E-state index is 12.1. The van der Waals surface area contributed by atoms with Crippen molar-refractivity contribution >= 4 is 5.78 Å². The predicted octanol–water partition coefficient (Wildman–Crippen LogP) is 1.58. The first-order valence-electron chi connectivity index (χ1n) is 7.03. The van der Waals surface area contributed by atoms with Crippen LogP contribution in [0.15, 0.2) is 41.2 Å². The van der Waals surface area contributed by atoms with Gasteiger partial charge in [0.15, 0.2) is 5.82 Å². The first kappa shape index (κ1) is 13.5. The molecule has 0 radical (unpaired) electrons. The van der Waals surface area contributed by atoms with E-state index in [2.05, 4.69) is 27.3 Å². The summed E-state index contributed by atoms with van der Waals surface area (Å²) < 4.78 is 1.37. The molecule has 0 aliphatic heterocycles. The minimum absolute atomic E-state index is 0.150. The second-order valence-corrected chi connectivity index (χ2v) is 4.84. The minimum Gasteiger partial charge on any atom is -0.311 e. The van der Waals surface area contributed by atoms with E-state index in [1.807, 2.05) is 30.3 Å². The van der Waals surface area contributed by atoms with Crippen molar-refractivity contribution in [1.82, 2.24) is 24.9 Å². The van der Waals surface area contributed by atoms with Gasteiger partial charge in [-0.05, 0) is 13.0 Å². The highest BCUT2D eigenvalue weighted by Gasteiger charge is 2.09. The molecular weight excluding hydrogens is 266 g/mol. The van der Waals surface area contributed by atoms with Gasteiger partial charge in [-0.1, -0.05) is 37.3 Å². The first-order valence-corrected chi connectivity index (χ1v) is 7.03. The Hall–Kier alpha value is -2.47. The summed E-state index contributed by atoms with van der Waals surface area (Å²) in [7, 11) is 0. The average Bonchev–Trinajstić information content (AvgIpc) is 2.93. The molecule has 0 fully saturated rings. The van der Waals surface area contributed by atoms with Crippen molar-refractivity contribution in [2.24, 2.45) is 0 Å². The van der Waals surface area contributed by atoms with Gasteiger partial charge in [-0.15, -0.1) is 0 Å². The van der Waals surface area contributed by atoms with Crippen LogP contribution in [0.25, 0.3) is 17.2 Å². The summed E-state index contributed by atoms with van der Waals surface area (Å²) in [6, 6.07) is 11.2. The lowest BCUT2D eigenvalue weighted by atomic mass is 10.2. The summed E-state index contributed by atoms with van der Waals surface area (Å²) in [5.41, 5.74) is 1.48. The van der Waals surface area contributed by atoms with Crippen molar-refractivity contribution in [2.45, 2.75) is 19.9 Å². The van der Waals surface area contributed by atoms with E-state index in [1.165, 1.54) is 10.6 Å². The lowest BCUT2D eigenvalue weighted by molar-refractivity contribution is 0.661. The molecule has 0 saturated heterocycles. The molecule has 0 atom stereocenters. The van der Waals surface area contributed by atoms with E-state index in [1.54, 1.807) is 0 Å². The van der Waals surface area contributed by atoms with E-state index in [0.29, 0.717) is 23.8 Å². The zero-order valence-electron chi connectivity index (χ0n) is 11.8. The van der Waals surface area contributed by atoms with Crippen LogP contribution < -0.4 is 10.9 Å². The molecule has 1 aromatic carbocycles. The summed E-state index contributed by atoms with van der Waals surface area (Å²) >= 11 is 0. The van der Waals surface area contributed by atoms with Gasteiger partial charge in [0.2, 0.25) is 0 Å². The average molecular weight is 283 g/mol. The molecule has 0 unspecified atom stereocenters. The molecule has 3 rings (SSSR count). The van der Waals surface area contributed by atoms with Gasteiger partial charge in [0.05, 0.1) is 5.69 Å². The molecule has 3 aromatic rings. The Kier molecular flexibility index (Phi) is 3.79. The molecule has 2 heterocycles. The van der Waals surface area contributed by atoms with Crippen LogP contribution in [0, 0.1) is 0 Å². The number of rotatable bonds is 5. The summed E-state index contributed by atoms with van der Waals surface area (Å²) in [6.45, 7) is 3.57. The molecule has 2 N–H and O–H groups in total. The zero-order valence-corrected chi connectivity index (χ0v) is 11.8. The maximum absolute atomic E-state index is 12.1. The molecule has 2 aromatic heterocycles. The lowest BCUT2D eigenvalue weighted by Crippen LogP contribution is -2.20. The Balaban J connectivity index is 1.97. The minimum atomic E-state index is -0.150. The maximum Gasteiger partial charge on any atom is 0.274 e. The number of nitrogens with one attached hydrogen (secondary N) is 2. The normalized spacial score (nSPS) is 11.1. The van der Waals surface area contributed by atoms with Gasteiger partial charge in [-0.25, -0.2) is 4.98 Å². The molecule has 6 nitrogen and oxygen atoms in total. The van der Waals surface area contributed by atoms with Crippen LogP contribution in [0.5, 0.6) is 0 Å². The van der Waals surface area contributed by atoms with E-state index >= 15 is 0 Å². The topological polar surface area (TPSA) is 75.1 Å². The number of aromatic amines is 1. The van der Waals surface area contributed by atoms with Gasteiger partial charge >= 0.3 is 0 Å². The van der Waals surface area contributed by atoms with E-state index in [0.717, 1.165) is 18.5 Å². The predicted molar refractivity (Wildman–Crippen MR) is 81.0 cm³/mol. The summed E-state index contributed by atoms with van der Waals surface area (Å²) in [6.07, 6.45) is 1.04. The Morgan fingerprint density at radius 3 is 2.81 bits per heavy atom. The molecule has 0 bridgehead atoms. The fourth-order valence-corrected chi connectivity index (χ4v) is 2.14. The van der Waals surface area contributed by atoms with Gasteiger partial charge in [0.25, 0.3) is 11.3 Å². The Morgan fingerprint density at radius 2 is 2.05 bits per heavy atom. The van der Waals surface area contributed by atoms with Gasteiger partial charge in [-0.3, -0.25) is 9.89 Å². The molecule has 0 spiro atoms. The van der Waals surface area contributed by atoms with E-state index in [9.17, 15) is 4.79 Å². The largest absolute Gasteiger partial charge is 0.311 e. The van der Waals surface area contributed by atoms with Gasteiger partial charge in [0, 0.05) is 18.2 Å². The zero-order chi connectivity index (χ0) is 14.7. The van der Waals surface area contributed by atoms with Gasteiger partial charge in [0.1, 0.15) is 0 Å². The number of benzene rings is 1. The van der Waals surface area contributed by atoms with Crippen molar-refractivity contribution in [3.63, 3.8) is 0 Å². The number of hydrogen-bond donors (Lipinski definition) is 2. The third-order valence-electron chi connectivity index (χ3n) is 3.16. The van der Waals surface area contributed by atoms with Crippen LogP contribution in [0.1, 0.15) is 19.0 Å². The third kappa shape index (κ3) is 2.85. The number of fused-ring (bicyclic) bond motifs is 1. The van der Waals surface area contributed by atoms with Crippen LogP contribution >= 0.6 is 0 Å².